The quantitative estimate of drug-likeness (QED) is 0.850. The standard InChI is InChI=1S/C23H32N2O2/c1-27-21-4-2-19(3-5-21)20-6-8-25(9-7-20)22(26)24-23-13-16-10-17(14-23)12-18(11-16)15-23/h2-5,16-18,20H,6-15H2,1H3,(H,24,26). The Hall–Kier alpha value is -1.71. The Labute approximate surface area is 162 Å². The summed E-state index contributed by atoms with van der Waals surface area (Å²) in [5.74, 6) is 4.08. The van der Waals surface area contributed by atoms with Crippen LogP contribution in [0.4, 0.5) is 4.79 Å². The molecule has 1 aromatic carbocycles. The number of carbonyl (C=O) groups excluding carboxylic acids is 1. The van der Waals surface area contributed by atoms with E-state index in [0.29, 0.717) is 5.92 Å². The molecule has 1 saturated heterocycles. The molecular weight excluding hydrogens is 336 g/mol. The SMILES string of the molecule is COc1ccc(C2CCN(C(=O)NC34CC5CC(CC(C5)C3)C4)CC2)cc1. The molecule has 2 amide bonds. The van der Waals surface area contributed by atoms with Crippen LogP contribution < -0.4 is 10.1 Å². The van der Waals surface area contributed by atoms with E-state index in [-0.39, 0.29) is 11.6 Å². The lowest BCUT2D eigenvalue weighted by molar-refractivity contribution is -0.0160. The molecule has 4 aliphatic carbocycles. The number of amides is 2. The number of piperidine rings is 1. The Bertz CT molecular complexity index is 656. The van der Waals surface area contributed by atoms with Gasteiger partial charge in [-0.05, 0) is 92.7 Å². The Morgan fingerprint density at radius 3 is 2.07 bits per heavy atom. The third-order valence-corrected chi connectivity index (χ3v) is 7.78. The molecule has 4 heteroatoms. The van der Waals surface area contributed by atoms with Crippen molar-refractivity contribution in [1.29, 1.82) is 0 Å². The van der Waals surface area contributed by atoms with Crippen molar-refractivity contribution in [2.75, 3.05) is 20.2 Å². The van der Waals surface area contributed by atoms with Crippen molar-refractivity contribution in [1.82, 2.24) is 10.2 Å². The number of urea groups is 1. The van der Waals surface area contributed by atoms with Crippen LogP contribution in [0, 0.1) is 17.8 Å². The van der Waals surface area contributed by atoms with Crippen LogP contribution >= 0.6 is 0 Å². The first-order valence-electron chi connectivity index (χ1n) is 10.8. The van der Waals surface area contributed by atoms with Gasteiger partial charge in [0.25, 0.3) is 0 Å². The van der Waals surface area contributed by atoms with Crippen molar-refractivity contribution < 1.29 is 9.53 Å². The van der Waals surface area contributed by atoms with Crippen molar-refractivity contribution >= 4 is 6.03 Å². The molecule has 0 aromatic heterocycles. The second kappa shape index (κ2) is 6.72. The van der Waals surface area contributed by atoms with Gasteiger partial charge in [-0.1, -0.05) is 12.1 Å². The first-order valence-corrected chi connectivity index (χ1v) is 10.8. The van der Waals surface area contributed by atoms with Crippen molar-refractivity contribution in [3.05, 3.63) is 29.8 Å². The summed E-state index contributed by atoms with van der Waals surface area (Å²) in [6.07, 6.45) is 10.1. The number of carbonyl (C=O) groups is 1. The molecule has 146 valence electrons. The first kappa shape index (κ1) is 17.4. The zero-order chi connectivity index (χ0) is 18.4. The molecule has 27 heavy (non-hydrogen) atoms. The number of likely N-dealkylation sites (tertiary alicyclic amines) is 1. The molecule has 0 radical (unpaired) electrons. The summed E-state index contributed by atoms with van der Waals surface area (Å²) in [7, 11) is 1.70. The summed E-state index contributed by atoms with van der Waals surface area (Å²) in [5.41, 5.74) is 1.50. The number of benzene rings is 1. The fraction of sp³-hybridized carbons (Fsp3) is 0.696. The second-order valence-corrected chi connectivity index (χ2v) is 9.66. The average molecular weight is 369 g/mol. The molecule has 1 aliphatic heterocycles. The van der Waals surface area contributed by atoms with Gasteiger partial charge < -0.3 is 15.0 Å². The van der Waals surface area contributed by atoms with E-state index >= 15 is 0 Å². The number of hydrogen-bond acceptors (Lipinski definition) is 2. The van der Waals surface area contributed by atoms with Crippen molar-refractivity contribution in [3.63, 3.8) is 0 Å². The lowest BCUT2D eigenvalue weighted by Gasteiger charge is -2.57. The normalized spacial score (nSPS) is 35.3. The van der Waals surface area contributed by atoms with Crippen LogP contribution in [0.15, 0.2) is 24.3 Å². The lowest BCUT2D eigenvalue weighted by atomic mass is 9.53. The highest BCUT2D eigenvalue weighted by molar-refractivity contribution is 5.75. The van der Waals surface area contributed by atoms with Crippen molar-refractivity contribution in [2.24, 2.45) is 17.8 Å². The fourth-order valence-corrected chi connectivity index (χ4v) is 6.86. The van der Waals surface area contributed by atoms with E-state index in [1.54, 1.807) is 7.11 Å². The van der Waals surface area contributed by atoms with Crippen molar-refractivity contribution in [2.45, 2.75) is 62.8 Å². The number of nitrogens with zero attached hydrogens (tertiary/aromatic N) is 1. The Kier molecular flexibility index (Phi) is 4.33. The predicted octanol–water partition coefficient (Wildman–Crippen LogP) is 4.55. The van der Waals surface area contributed by atoms with Crippen molar-refractivity contribution in [3.8, 4) is 5.75 Å². The molecular formula is C23H32N2O2. The molecule has 5 fully saturated rings. The summed E-state index contributed by atoms with van der Waals surface area (Å²) in [4.78, 5) is 15.1. The summed E-state index contributed by atoms with van der Waals surface area (Å²) in [6, 6.07) is 8.64. The van der Waals surface area contributed by atoms with E-state index < -0.39 is 0 Å². The van der Waals surface area contributed by atoms with E-state index in [4.69, 9.17) is 4.74 Å². The van der Waals surface area contributed by atoms with Gasteiger partial charge in [0.15, 0.2) is 0 Å². The fourth-order valence-electron chi connectivity index (χ4n) is 6.86. The Morgan fingerprint density at radius 2 is 1.56 bits per heavy atom. The molecule has 0 atom stereocenters. The van der Waals surface area contributed by atoms with Crippen LogP contribution in [0.1, 0.15) is 62.8 Å². The number of nitrogens with one attached hydrogen (secondary N) is 1. The Balaban J connectivity index is 1.18. The van der Waals surface area contributed by atoms with E-state index in [0.717, 1.165) is 49.4 Å². The predicted molar refractivity (Wildman–Crippen MR) is 106 cm³/mol. The van der Waals surface area contributed by atoms with Gasteiger partial charge in [0.2, 0.25) is 0 Å². The van der Waals surface area contributed by atoms with Crippen LogP contribution in [-0.4, -0.2) is 36.7 Å². The number of hydrogen-bond donors (Lipinski definition) is 1. The smallest absolute Gasteiger partial charge is 0.317 e. The summed E-state index contributed by atoms with van der Waals surface area (Å²) >= 11 is 0. The molecule has 4 saturated carbocycles. The van der Waals surface area contributed by atoms with Crippen LogP contribution in [-0.2, 0) is 0 Å². The summed E-state index contributed by atoms with van der Waals surface area (Å²) in [6.45, 7) is 1.74. The van der Waals surface area contributed by atoms with E-state index in [9.17, 15) is 4.79 Å². The van der Waals surface area contributed by atoms with Gasteiger partial charge in [-0.3, -0.25) is 0 Å². The first-order chi connectivity index (χ1) is 13.1. The zero-order valence-electron chi connectivity index (χ0n) is 16.5. The van der Waals surface area contributed by atoms with Gasteiger partial charge in [-0.25, -0.2) is 4.79 Å². The minimum absolute atomic E-state index is 0.124. The van der Waals surface area contributed by atoms with E-state index in [2.05, 4.69) is 22.3 Å². The van der Waals surface area contributed by atoms with Crippen LogP contribution in [0.25, 0.3) is 0 Å². The molecule has 5 aliphatic rings. The van der Waals surface area contributed by atoms with E-state index in [1.165, 1.54) is 44.1 Å². The van der Waals surface area contributed by atoms with Gasteiger partial charge in [-0.15, -0.1) is 0 Å². The van der Waals surface area contributed by atoms with Gasteiger partial charge in [0.05, 0.1) is 7.11 Å². The molecule has 4 nitrogen and oxygen atoms in total. The van der Waals surface area contributed by atoms with Crippen LogP contribution in [0.2, 0.25) is 0 Å². The number of rotatable bonds is 3. The third kappa shape index (κ3) is 3.32. The lowest BCUT2D eigenvalue weighted by Crippen LogP contribution is -2.62. The second-order valence-electron chi connectivity index (χ2n) is 9.66. The maximum Gasteiger partial charge on any atom is 0.317 e. The minimum Gasteiger partial charge on any atom is -0.497 e. The highest BCUT2D eigenvalue weighted by atomic mass is 16.5. The maximum atomic E-state index is 13.0. The largest absolute Gasteiger partial charge is 0.497 e. The van der Waals surface area contributed by atoms with Crippen LogP contribution in [0.3, 0.4) is 0 Å². The topological polar surface area (TPSA) is 41.6 Å². The van der Waals surface area contributed by atoms with Gasteiger partial charge in [0.1, 0.15) is 5.75 Å². The summed E-state index contributed by atoms with van der Waals surface area (Å²) in [5, 5.41) is 3.53. The molecule has 1 N–H and O–H groups in total. The van der Waals surface area contributed by atoms with Gasteiger partial charge >= 0.3 is 6.03 Å². The monoisotopic (exact) mass is 368 g/mol. The minimum atomic E-state index is 0.124. The average Bonchev–Trinajstić information content (AvgIpc) is 2.67. The third-order valence-electron chi connectivity index (χ3n) is 7.78. The molecule has 4 bridgehead atoms. The summed E-state index contributed by atoms with van der Waals surface area (Å²) < 4.78 is 5.26. The molecule has 0 unspecified atom stereocenters. The highest BCUT2D eigenvalue weighted by Crippen LogP contribution is 2.55. The maximum absolute atomic E-state index is 13.0. The van der Waals surface area contributed by atoms with Gasteiger partial charge in [-0.2, -0.15) is 0 Å². The molecule has 1 aromatic rings. The van der Waals surface area contributed by atoms with Crippen LogP contribution in [0.5, 0.6) is 5.75 Å². The Morgan fingerprint density at radius 1 is 1.00 bits per heavy atom. The molecule has 1 heterocycles. The number of methoxy groups -OCH3 is 1. The molecule has 6 rings (SSSR count). The van der Waals surface area contributed by atoms with E-state index in [1.807, 2.05) is 12.1 Å². The van der Waals surface area contributed by atoms with Gasteiger partial charge in [0, 0.05) is 18.6 Å². The molecule has 0 spiro atoms. The highest BCUT2D eigenvalue weighted by Gasteiger charge is 2.51. The number of ether oxygens (including phenoxy) is 1. The zero-order valence-corrected chi connectivity index (χ0v) is 16.5.